The lowest BCUT2D eigenvalue weighted by molar-refractivity contribution is 0.0978. The first-order chi connectivity index (χ1) is 16.5. The highest BCUT2D eigenvalue weighted by Crippen LogP contribution is 2.22. The molecule has 0 radical (unpaired) electrons. The fourth-order valence-corrected chi connectivity index (χ4v) is 5.10. The van der Waals surface area contributed by atoms with Crippen molar-refractivity contribution in [2.45, 2.75) is 130 Å². The highest BCUT2D eigenvalue weighted by molar-refractivity contribution is 6.30. The van der Waals surface area contributed by atoms with E-state index in [2.05, 4.69) is 31.5 Å². The van der Waals surface area contributed by atoms with E-state index in [1.54, 1.807) is 0 Å². The van der Waals surface area contributed by atoms with E-state index in [9.17, 15) is 4.79 Å². The number of unbranched alkanes of at least 4 members (excludes halogenated alkanes) is 14. The van der Waals surface area contributed by atoms with Gasteiger partial charge in [0.15, 0.2) is 5.78 Å². The summed E-state index contributed by atoms with van der Waals surface area (Å²) in [6, 6.07) is 7.94. The summed E-state index contributed by atoms with van der Waals surface area (Å²) in [6.45, 7) is 7.19. The van der Waals surface area contributed by atoms with Gasteiger partial charge in [-0.1, -0.05) is 121 Å². The van der Waals surface area contributed by atoms with Crippen molar-refractivity contribution in [3.05, 3.63) is 57.9 Å². The van der Waals surface area contributed by atoms with Gasteiger partial charge in [-0.15, -0.1) is 0 Å². The number of rotatable bonds is 19. The third kappa shape index (κ3) is 10.8. The second-order valence-electron chi connectivity index (χ2n) is 10.1. The van der Waals surface area contributed by atoms with Crippen LogP contribution < -0.4 is 0 Å². The molecule has 0 spiro atoms. The molecule has 0 N–H and O–H groups in total. The zero-order valence-electron chi connectivity index (χ0n) is 22.1. The fraction of sp³-hybridized carbons (Fsp3) is 0.645. The minimum atomic E-state index is 0.305. The van der Waals surface area contributed by atoms with Crippen LogP contribution in [0.2, 0.25) is 5.02 Å². The van der Waals surface area contributed by atoms with Crippen LogP contribution in [-0.4, -0.2) is 10.4 Å². The molecule has 1 aromatic heterocycles. The number of hydrogen-bond donors (Lipinski definition) is 0. The number of hydrogen-bond acceptors (Lipinski definition) is 1. The van der Waals surface area contributed by atoms with Crippen molar-refractivity contribution in [3.63, 3.8) is 0 Å². The third-order valence-corrected chi connectivity index (χ3v) is 7.34. The van der Waals surface area contributed by atoms with Crippen LogP contribution in [0.4, 0.5) is 0 Å². The topological polar surface area (TPSA) is 22.0 Å². The van der Waals surface area contributed by atoms with Gasteiger partial charge in [0.05, 0.1) is 0 Å². The Hall–Kier alpha value is -1.54. The van der Waals surface area contributed by atoms with Crippen LogP contribution in [0, 0.1) is 13.8 Å². The van der Waals surface area contributed by atoms with E-state index in [1.807, 2.05) is 24.3 Å². The van der Waals surface area contributed by atoms with Crippen LogP contribution in [-0.2, 0) is 6.54 Å². The number of aryl methyl sites for hydroxylation is 1. The van der Waals surface area contributed by atoms with Gasteiger partial charge < -0.3 is 4.57 Å². The standard InChI is InChI=1S/C31H48ClNO/c1-4-5-6-7-8-9-10-11-12-13-14-15-16-17-18-19-30(34)31-26(2)24-33(27(31)3)25-28-20-22-29(32)23-21-28/h20-24H,4-19,25H2,1-3H3. The Bertz CT molecular complexity index is 821. The van der Waals surface area contributed by atoms with Crippen molar-refractivity contribution in [2.75, 3.05) is 0 Å². The quantitative estimate of drug-likeness (QED) is 0.143. The van der Waals surface area contributed by atoms with E-state index in [1.165, 1.54) is 95.5 Å². The molecule has 2 rings (SSSR count). The molecule has 0 aliphatic rings. The number of benzene rings is 1. The van der Waals surface area contributed by atoms with Crippen molar-refractivity contribution in [1.82, 2.24) is 4.57 Å². The SMILES string of the molecule is CCCCCCCCCCCCCCCCCC(=O)c1c(C)cn(Cc2ccc(Cl)cc2)c1C. The van der Waals surface area contributed by atoms with Crippen molar-refractivity contribution in [3.8, 4) is 0 Å². The maximum Gasteiger partial charge on any atom is 0.164 e. The summed E-state index contributed by atoms with van der Waals surface area (Å²) in [5.41, 5.74) is 4.30. The van der Waals surface area contributed by atoms with E-state index in [0.29, 0.717) is 12.2 Å². The van der Waals surface area contributed by atoms with Crippen LogP contribution in [0.1, 0.15) is 137 Å². The van der Waals surface area contributed by atoms with Gasteiger partial charge in [0.2, 0.25) is 0 Å². The van der Waals surface area contributed by atoms with Crippen LogP contribution >= 0.6 is 11.6 Å². The zero-order chi connectivity index (χ0) is 24.6. The van der Waals surface area contributed by atoms with Crippen LogP contribution in [0.15, 0.2) is 30.5 Å². The molecular formula is C31H48ClNO. The molecule has 3 heteroatoms. The van der Waals surface area contributed by atoms with E-state index >= 15 is 0 Å². The Morgan fingerprint density at radius 2 is 1.21 bits per heavy atom. The van der Waals surface area contributed by atoms with Gasteiger partial charge in [-0.3, -0.25) is 4.79 Å². The molecular weight excluding hydrogens is 438 g/mol. The molecule has 0 amide bonds. The predicted molar refractivity (Wildman–Crippen MR) is 148 cm³/mol. The maximum atomic E-state index is 12.9. The summed E-state index contributed by atoms with van der Waals surface area (Å²) < 4.78 is 2.19. The fourth-order valence-electron chi connectivity index (χ4n) is 4.98. The van der Waals surface area contributed by atoms with Gasteiger partial charge >= 0.3 is 0 Å². The molecule has 2 aromatic rings. The first kappa shape index (κ1) is 28.7. The van der Waals surface area contributed by atoms with E-state index in [4.69, 9.17) is 11.6 Å². The minimum absolute atomic E-state index is 0.305. The molecule has 0 atom stereocenters. The lowest BCUT2D eigenvalue weighted by atomic mass is 10.0. The molecule has 190 valence electrons. The zero-order valence-corrected chi connectivity index (χ0v) is 22.9. The number of halogens is 1. The minimum Gasteiger partial charge on any atom is -0.346 e. The highest BCUT2D eigenvalue weighted by atomic mass is 35.5. The van der Waals surface area contributed by atoms with Gasteiger partial charge in [0.25, 0.3) is 0 Å². The summed E-state index contributed by atoms with van der Waals surface area (Å²) in [6.07, 6.45) is 23.0. The Morgan fingerprint density at radius 3 is 1.71 bits per heavy atom. The Kier molecular flexibility index (Phi) is 14.3. The van der Waals surface area contributed by atoms with Crippen molar-refractivity contribution >= 4 is 17.4 Å². The second-order valence-corrected chi connectivity index (χ2v) is 10.6. The molecule has 0 aliphatic heterocycles. The average molecular weight is 486 g/mol. The molecule has 2 nitrogen and oxygen atoms in total. The van der Waals surface area contributed by atoms with E-state index in [-0.39, 0.29) is 0 Å². The lowest BCUT2D eigenvalue weighted by Gasteiger charge is -2.08. The summed E-state index contributed by atoms with van der Waals surface area (Å²) in [4.78, 5) is 12.9. The molecule has 1 aromatic carbocycles. The van der Waals surface area contributed by atoms with E-state index < -0.39 is 0 Å². The molecule has 0 saturated heterocycles. The number of Topliss-reactive ketones (excluding diaryl/α,β-unsaturated/α-hetero) is 1. The molecule has 0 bridgehead atoms. The highest BCUT2D eigenvalue weighted by Gasteiger charge is 2.16. The number of carbonyl (C=O) groups excluding carboxylic acids is 1. The number of aromatic nitrogens is 1. The van der Waals surface area contributed by atoms with Crippen LogP contribution in [0.5, 0.6) is 0 Å². The van der Waals surface area contributed by atoms with Crippen molar-refractivity contribution in [2.24, 2.45) is 0 Å². The normalized spacial score (nSPS) is 11.3. The van der Waals surface area contributed by atoms with Crippen LogP contribution in [0.3, 0.4) is 0 Å². The monoisotopic (exact) mass is 485 g/mol. The predicted octanol–water partition coefficient (Wildman–Crippen LogP) is 10.3. The smallest absolute Gasteiger partial charge is 0.164 e. The Labute approximate surface area is 214 Å². The summed E-state index contributed by atoms with van der Waals surface area (Å²) >= 11 is 6.00. The molecule has 1 heterocycles. The van der Waals surface area contributed by atoms with Crippen molar-refractivity contribution in [1.29, 1.82) is 0 Å². The first-order valence-electron chi connectivity index (χ1n) is 14.0. The maximum absolute atomic E-state index is 12.9. The van der Waals surface area contributed by atoms with Gasteiger partial charge in [0, 0.05) is 35.4 Å². The van der Waals surface area contributed by atoms with Crippen LogP contribution in [0.25, 0.3) is 0 Å². The summed E-state index contributed by atoms with van der Waals surface area (Å²) in [5.74, 6) is 0.305. The molecule has 0 saturated carbocycles. The van der Waals surface area contributed by atoms with Gasteiger partial charge in [-0.25, -0.2) is 0 Å². The molecule has 0 unspecified atom stereocenters. The number of carbonyl (C=O) groups is 1. The lowest BCUT2D eigenvalue weighted by Crippen LogP contribution is -2.05. The number of ketones is 1. The summed E-state index contributed by atoms with van der Waals surface area (Å²) in [7, 11) is 0. The van der Waals surface area contributed by atoms with E-state index in [0.717, 1.165) is 34.8 Å². The number of nitrogens with zero attached hydrogens (tertiary/aromatic N) is 1. The largest absolute Gasteiger partial charge is 0.346 e. The second kappa shape index (κ2) is 17.0. The Balaban J connectivity index is 1.54. The Morgan fingerprint density at radius 1 is 0.735 bits per heavy atom. The van der Waals surface area contributed by atoms with Gasteiger partial charge in [-0.2, -0.15) is 0 Å². The first-order valence-corrected chi connectivity index (χ1v) is 14.3. The van der Waals surface area contributed by atoms with Crippen molar-refractivity contribution < 1.29 is 4.79 Å². The van der Waals surface area contributed by atoms with Gasteiger partial charge in [-0.05, 0) is 43.5 Å². The average Bonchev–Trinajstić information content (AvgIpc) is 3.10. The molecule has 0 aliphatic carbocycles. The summed E-state index contributed by atoms with van der Waals surface area (Å²) in [5, 5.41) is 0.753. The third-order valence-electron chi connectivity index (χ3n) is 7.09. The molecule has 0 fully saturated rings. The van der Waals surface area contributed by atoms with Gasteiger partial charge in [0.1, 0.15) is 0 Å². The molecule has 34 heavy (non-hydrogen) atoms.